The molecule has 0 amide bonds. The number of aromatic amines is 1. The molecule has 0 saturated carbocycles. The van der Waals surface area contributed by atoms with Crippen LogP contribution >= 0.6 is 28.1 Å². The first-order valence-electron chi connectivity index (χ1n) is 4.53. The van der Waals surface area contributed by atoms with E-state index < -0.39 is 0 Å². The number of rotatable bonds is 2. The van der Waals surface area contributed by atoms with Gasteiger partial charge in [0.2, 0.25) is 0 Å². The molecule has 1 aromatic heterocycles. The fourth-order valence-electron chi connectivity index (χ4n) is 1.30. The molecule has 2 rings (SSSR count). The fourth-order valence-corrected chi connectivity index (χ4v) is 1.74. The zero-order chi connectivity index (χ0) is 10.7. The lowest BCUT2D eigenvalue weighted by molar-refractivity contribution is 0.960. The largest absolute Gasteiger partial charge is 0.335 e. The van der Waals surface area contributed by atoms with Gasteiger partial charge in [-0.15, -0.1) is 0 Å². The van der Waals surface area contributed by atoms with Crippen LogP contribution in [0.2, 0.25) is 0 Å². The highest BCUT2D eigenvalue weighted by Crippen LogP contribution is 2.12. The van der Waals surface area contributed by atoms with Crippen LogP contribution in [0.5, 0.6) is 0 Å². The molecule has 0 unspecified atom stereocenters. The lowest BCUT2D eigenvalue weighted by atomic mass is 10.1. The van der Waals surface area contributed by atoms with Crippen molar-refractivity contribution < 1.29 is 0 Å². The summed E-state index contributed by atoms with van der Waals surface area (Å²) >= 11 is 8.44. The van der Waals surface area contributed by atoms with Gasteiger partial charge in [-0.2, -0.15) is 0 Å². The second kappa shape index (κ2) is 4.68. The third-order valence-corrected chi connectivity index (χ3v) is 2.78. The Kier molecular flexibility index (Phi) is 3.28. The number of hydrogen-bond acceptors (Lipinski definition) is 2. The summed E-state index contributed by atoms with van der Waals surface area (Å²) < 4.78 is 1.80. The van der Waals surface area contributed by atoms with Gasteiger partial charge in [-0.25, -0.2) is 4.98 Å². The molecule has 76 valence electrons. The maximum atomic E-state index is 5.03. The summed E-state index contributed by atoms with van der Waals surface area (Å²) in [6.45, 7) is 0. The number of nitrogens with one attached hydrogen (secondary N) is 1. The normalized spacial score (nSPS) is 10.2. The molecule has 0 atom stereocenters. The maximum absolute atomic E-state index is 5.03. The molecule has 0 radical (unpaired) electrons. The van der Waals surface area contributed by atoms with Crippen molar-refractivity contribution in [2.45, 2.75) is 6.42 Å². The first-order chi connectivity index (χ1) is 7.24. The summed E-state index contributed by atoms with van der Waals surface area (Å²) in [7, 11) is 0. The average molecular weight is 281 g/mol. The highest BCUT2D eigenvalue weighted by atomic mass is 79.9. The monoisotopic (exact) mass is 280 g/mol. The van der Waals surface area contributed by atoms with Crippen molar-refractivity contribution in [2.24, 2.45) is 0 Å². The van der Waals surface area contributed by atoms with Gasteiger partial charge in [0.1, 0.15) is 10.5 Å². The van der Waals surface area contributed by atoms with Crippen LogP contribution in [0.4, 0.5) is 0 Å². The van der Waals surface area contributed by atoms with Crippen molar-refractivity contribution in [2.75, 3.05) is 0 Å². The zero-order valence-corrected chi connectivity index (χ0v) is 10.3. The van der Waals surface area contributed by atoms with E-state index in [0.29, 0.717) is 0 Å². The Morgan fingerprint density at radius 2 is 1.93 bits per heavy atom. The van der Waals surface area contributed by atoms with Gasteiger partial charge in [0, 0.05) is 17.1 Å². The first-order valence-corrected chi connectivity index (χ1v) is 5.73. The summed E-state index contributed by atoms with van der Waals surface area (Å²) in [4.78, 5) is 7.29. The van der Waals surface area contributed by atoms with Crippen molar-refractivity contribution in [1.29, 1.82) is 0 Å². The van der Waals surface area contributed by atoms with E-state index >= 15 is 0 Å². The van der Waals surface area contributed by atoms with E-state index in [1.54, 1.807) is 12.3 Å². The van der Waals surface area contributed by atoms with Gasteiger partial charge >= 0.3 is 0 Å². The zero-order valence-electron chi connectivity index (χ0n) is 7.90. The Morgan fingerprint density at radius 1 is 1.20 bits per heavy atom. The van der Waals surface area contributed by atoms with Crippen LogP contribution < -0.4 is 0 Å². The Labute approximate surface area is 102 Å². The Balaban J connectivity index is 2.22. The van der Waals surface area contributed by atoms with Crippen LogP contribution in [0.25, 0.3) is 0 Å². The van der Waals surface area contributed by atoms with Crippen LogP contribution in [0.1, 0.15) is 11.4 Å². The first kappa shape index (κ1) is 10.5. The number of halogens is 1. The molecule has 0 bridgehead atoms. The molecular formula is C11H9BrN2S. The molecule has 0 spiro atoms. The Bertz CT molecular complexity index is 504. The number of aromatic nitrogens is 2. The third-order valence-electron chi connectivity index (χ3n) is 2.01. The minimum atomic E-state index is 0.720. The molecule has 4 heteroatoms. The minimum Gasteiger partial charge on any atom is -0.335 e. The lowest BCUT2D eigenvalue weighted by Gasteiger charge is -2.01. The van der Waals surface area contributed by atoms with Crippen molar-refractivity contribution in [3.05, 3.63) is 57.0 Å². The number of nitrogens with zero attached hydrogens (tertiary/aromatic N) is 1. The van der Waals surface area contributed by atoms with Crippen molar-refractivity contribution in [3.8, 4) is 0 Å². The van der Waals surface area contributed by atoms with E-state index in [2.05, 4.69) is 38.0 Å². The van der Waals surface area contributed by atoms with Crippen LogP contribution in [0.3, 0.4) is 0 Å². The Hall–Kier alpha value is -1.00. The quantitative estimate of drug-likeness (QED) is 0.853. The minimum absolute atomic E-state index is 0.720. The van der Waals surface area contributed by atoms with E-state index in [0.717, 1.165) is 21.4 Å². The lowest BCUT2D eigenvalue weighted by Crippen LogP contribution is -1.95. The van der Waals surface area contributed by atoms with E-state index in [1.165, 1.54) is 5.56 Å². The topological polar surface area (TPSA) is 28.7 Å². The van der Waals surface area contributed by atoms with Crippen molar-refractivity contribution in [1.82, 2.24) is 9.97 Å². The highest BCUT2D eigenvalue weighted by molar-refractivity contribution is 9.10. The summed E-state index contributed by atoms with van der Waals surface area (Å²) in [6.07, 6.45) is 2.50. The molecule has 0 aliphatic heterocycles. The Morgan fingerprint density at radius 3 is 2.60 bits per heavy atom. The molecule has 0 fully saturated rings. The number of H-pyrrole nitrogens is 1. The number of hydrogen-bond donors (Lipinski definition) is 1. The summed E-state index contributed by atoms with van der Waals surface area (Å²) in [5.41, 5.74) is 1.21. The van der Waals surface area contributed by atoms with Crippen LogP contribution in [0, 0.1) is 4.64 Å². The van der Waals surface area contributed by atoms with E-state index in [-0.39, 0.29) is 0 Å². The molecule has 1 N–H and O–H groups in total. The smallest absolute Gasteiger partial charge is 0.111 e. The van der Waals surface area contributed by atoms with Crippen LogP contribution in [-0.2, 0) is 6.42 Å². The van der Waals surface area contributed by atoms with Crippen LogP contribution in [-0.4, -0.2) is 9.97 Å². The SMILES string of the molecule is S=c1ccnc(Cc2ccc(Br)cc2)[nH]1. The van der Waals surface area contributed by atoms with E-state index in [1.807, 2.05) is 12.1 Å². The van der Waals surface area contributed by atoms with E-state index in [9.17, 15) is 0 Å². The molecule has 2 nitrogen and oxygen atoms in total. The predicted molar refractivity (Wildman–Crippen MR) is 66.4 cm³/mol. The standard InChI is InChI=1S/C11H9BrN2S/c12-9-3-1-8(2-4-9)7-10-13-6-5-11(15)14-10/h1-6H,7H2,(H,13,14,15). The van der Waals surface area contributed by atoms with Gasteiger partial charge in [-0.3, -0.25) is 0 Å². The van der Waals surface area contributed by atoms with Gasteiger partial charge in [-0.05, 0) is 23.8 Å². The van der Waals surface area contributed by atoms with Crippen molar-refractivity contribution >= 4 is 28.1 Å². The van der Waals surface area contributed by atoms with E-state index in [4.69, 9.17) is 12.2 Å². The second-order valence-corrected chi connectivity index (χ2v) is 4.54. The molecule has 2 aromatic rings. The van der Waals surface area contributed by atoms with Gasteiger partial charge in [0.15, 0.2) is 0 Å². The van der Waals surface area contributed by atoms with Crippen LogP contribution in [0.15, 0.2) is 41.0 Å². The molecule has 15 heavy (non-hydrogen) atoms. The van der Waals surface area contributed by atoms with Crippen molar-refractivity contribution in [3.63, 3.8) is 0 Å². The maximum Gasteiger partial charge on any atom is 0.111 e. The van der Waals surface area contributed by atoms with Gasteiger partial charge in [0.05, 0.1) is 0 Å². The molecule has 0 saturated heterocycles. The highest BCUT2D eigenvalue weighted by Gasteiger charge is 1.97. The molecule has 1 heterocycles. The molecule has 0 aliphatic carbocycles. The second-order valence-electron chi connectivity index (χ2n) is 3.18. The molecule has 1 aromatic carbocycles. The summed E-state index contributed by atoms with van der Waals surface area (Å²) in [5.74, 6) is 0.893. The van der Waals surface area contributed by atoms with Gasteiger partial charge < -0.3 is 4.98 Å². The summed E-state index contributed by atoms with van der Waals surface area (Å²) in [5, 5.41) is 0. The fraction of sp³-hybridized carbons (Fsp3) is 0.0909. The number of benzene rings is 1. The molecule has 0 aliphatic rings. The molecular weight excluding hydrogens is 272 g/mol. The predicted octanol–water partition coefficient (Wildman–Crippen LogP) is 3.49. The third kappa shape index (κ3) is 2.97. The van der Waals surface area contributed by atoms with Gasteiger partial charge in [-0.1, -0.05) is 40.3 Å². The summed E-state index contributed by atoms with van der Waals surface area (Å²) in [6, 6.07) is 9.95. The average Bonchev–Trinajstić information content (AvgIpc) is 2.22. The van der Waals surface area contributed by atoms with Gasteiger partial charge in [0.25, 0.3) is 0 Å².